The van der Waals surface area contributed by atoms with E-state index in [-0.39, 0.29) is 49.3 Å². The van der Waals surface area contributed by atoms with Gasteiger partial charge in [-0.1, -0.05) is 152 Å². The van der Waals surface area contributed by atoms with Gasteiger partial charge < -0.3 is 87.9 Å². The zero-order chi connectivity index (χ0) is 59.3. The molecule has 7 N–H and O–H groups in total. The van der Waals surface area contributed by atoms with E-state index in [0.29, 0.717) is 61.7 Å². The molecule has 4 aliphatic heterocycles. The van der Waals surface area contributed by atoms with Crippen LogP contribution in [0.3, 0.4) is 0 Å². The van der Waals surface area contributed by atoms with Gasteiger partial charge in [0.15, 0.2) is 0 Å². The minimum absolute atomic E-state index is 0. The van der Waals surface area contributed by atoms with E-state index in [0.717, 1.165) is 28.7 Å². The van der Waals surface area contributed by atoms with Crippen molar-refractivity contribution < 1.29 is 87.9 Å². The quantitative estimate of drug-likeness (QED) is 0.0369. The molecule has 5 aromatic carbocycles. The summed E-state index contributed by atoms with van der Waals surface area (Å²) in [6, 6.07) is 41.2. The lowest BCUT2D eigenvalue weighted by atomic mass is 9.78. The maximum atomic E-state index is 10.2. The van der Waals surface area contributed by atoms with Crippen molar-refractivity contribution in [3.05, 3.63) is 155 Å². The van der Waals surface area contributed by atoms with Gasteiger partial charge in [0.25, 0.3) is 0 Å². The van der Waals surface area contributed by atoms with Gasteiger partial charge in [-0.2, -0.15) is 0 Å². The van der Waals surface area contributed by atoms with Crippen molar-refractivity contribution in [3.8, 4) is 23.0 Å². The second-order valence-electron chi connectivity index (χ2n) is 22.4. The summed E-state index contributed by atoms with van der Waals surface area (Å²) in [5, 5.41) is 69.5. The van der Waals surface area contributed by atoms with Gasteiger partial charge in [-0.05, 0) is 78.5 Å². The molecule has 84 heavy (non-hydrogen) atoms. The summed E-state index contributed by atoms with van der Waals surface area (Å²) in [6.07, 6.45) is -14.0. The summed E-state index contributed by atoms with van der Waals surface area (Å²) < 4.78 is 68.6. The van der Waals surface area contributed by atoms with Crippen LogP contribution in [0, 0.1) is 37.5 Å². The minimum Gasteiger partial charge on any atom is -0.465 e. The number of rotatable bonds is 21. The average molecular weight is 1170 g/mol. The molecule has 18 heteroatoms. The van der Waals surface area contributed by atoms with Crippen molar-refractivity contribution in [2.75, 3.05) is 13.2 Å². The zero-order valence-electron chi connectivity index (χ0n) is 48.7. The van der Waals surface area contributed by atoms with E-state index < -0.39 is 86.5 Å². The van der Waals surface area contributed by atoms with Crippen molar-refractivity contribution in [2.24, 2.45) is 23.7 Å². The highest BCUT2D eigenvalue weighted by Crippen LogP contribution is 2.40. The fourth-order valence-corrected chi connectivity index (χ4v) is 10.8. The first-order chi connectivity index (χ1) is 40.0. The Hall–Kier alpha value is -5.26. The highest BCUT2D eigenvalue weighted by atomic mass is 16.7. The molecule has 0 bridgehead atoms. The third-order valence-electron chi connectivity index (χ3n) is 16.5. The van der Waals surface area contributed by atoms with Crippen LogP contribution in [0.1, 0.15) is 89.6 Å². The molecule has 9 rings (SSSR count). The molecule has 0 amide bonds. The van der Waals surface area contributed by atoms with Gasteiger partial charge in [-0.15, -0.1) is 0 Å². The molecule has 4 aliphatic rings. The first-order valence-electron chi connectivity index (χ1n) is 29.1. The topological polar surface area (TPSA) is 243 Å². The molecule has 4 heterocycles. The van der Waals surface area contributed by atoms with E-state index in [2.05, 4.69) is 71.0 Å². The fraction of sp³-hybridized carbons (Fsp3) is 0.545. The molecule has 4 saturated heterocycles. The Morgan fingerprint density at radius 1 is 0.405 bits per heavy atom. The lowest BCUT2D eigenvalue weighted by molar-refractivity contribution is -0.281. The molecule has 5 aromatic rings. The largest absolute Gasteiger partial charge is 0.465 e. The summed E-state index contributed by atoms with van der Waals surface area (Å²) in [6.45, 7) is 17.6. The van der Waals surface area contributed by atoms with Gasteiger partial charge in [-0.3, -0.25) is 0 Å². The molecule has 0 radical (unpaired) electrons. The zero-order valence-corrected chi connectivity index (χ0v) is 48.7. The van der Waals surface area contributed by atoms with Gasteiger partial charge in [0.05, 0.1) is 51.3 Å². The van der Waals surface area contributed by atoms with Crippen LogP contribution >= 0.6 is 0 Å². The predicted molar refractivity (Wildman–Crippen MR) is 313 cm³/mol. The molecule has 4 fully saturated rings. The van der Waals surface area contributed by atoms with Crippen molar-refractivity contribution in [1.29, 1.82) is 0 Å². The second kappa shape index (κ2) is 31.4. The minimum atomic E-state index is -1.58. The van der Waals surface area contributed by atoms with E-state index >= 15 is 0 Å². The fourth-order valence-electron chi connectivity index (χ4n) is 10.8. The Balaban J connectivity index is 0.000000270. The third kappa shape index (κ3) is 16.6. The van der Waals surface area contributed by atoms with Gasteiger partial charge in [-0.25, -0.2) is 0 Å². The SMILES string of the molecule is C.CCC1O[C@@H](Oc2cc(O[C@@H]3OC(CO)[C@@H](O)[C@H](O)C3O)ccc2C)C(O)[C@@H](O)[C@@H]1O.CCC1O[C@@H](Oc2ccc(C)c(O[C@@H]3OC(COCc4ccccc4)[C@@H](OCc4ccccc4)[C@H](OCc4ccccc4)C3C)c2)C(C)[C@@H](C)[C@@H]1C. The molecular formula is C66H90O18. The van der Waals surface area contributed by atoms with Crippen LogP contribution in [0.25, 0.3) is 0 Å². The first-order valence-corrected chi connectivity index (χ1v) is 29.1. The summed E-state index contributed by atoms with van der Waals surface area (Å²) in [7, 11) is 0. The lowest BCUT2D eigenvalue weighted by Gasteiger charge is -2.45. The van der Waals surface area contributed by atoms with Crippen molar-refractivity contribution >= 4 is 0 Å². The maximum absolute atomic E-state index is 10.2. The predicted octanol–water partition coefficient (Wildman–Crippen LogP) is 7.95. The van der Waals surface area contributed by atoms with E-state index in [4.69, 9.17) is 52.1 Å². The van der Waals surface area contributed by atoms with E-state index in [1.807, 2.05) is 79.7 Å². The molecule has 0 saturated carbocycles. The number of aryl methyl sites for hydroxylation is 2. The Morgan fingerprint density at radius 2 is 0.821 bits per heavy atom. The van der Waals surface area contributed by atoms with Crippen LogP contribution < -0.4 is 18.9 Å². The van der Waals surface area contributed by atoms with Crippen LogP contribution in [-0.2, 0) is 53.0 Å². The molecule has 8 unspecified atom stereocenters. The van der Waals surface area contributed by atoms with Crippen molar-refractivity contribution in [2.45, 2.75) is 194 Å². The highest BCUT2D eigenvalue weighted by Gasteiger charge is 2.49. The molecule has 20 atom stereocenters. The van der Waals surface area contributed by atoms with Crippen LogP contribution in [0.4, 0.5) is 0 Å². The summed E-state index contributed by atoms with van der Waals surface area (Å²) >= 11 is 0. The Bertz CT molecular complexity index is 2700. The second-order valence-corrected chi connectivity index (χ2v) is 22.4. The van der Waals surface area contributed by atoms with E-state index in [9.17, 15) is 35.7 Å². The average Bonchev–Trinajstić information content (AvgIpc) is 2.91. The smallest absolute Gasteiger partial charge is 0.229 e. The maximum Gasteiger partial charge on any atom is 0.229 e. The Labute approximate surface area is 495 Å². The number of aliphatic hydroxyl groups excluding tert-OH is 7. The molecule has 462 valence electrons. The van der Waals surface area contributed by atoms with Crippen LogP contribution in [0.5, 0.6) is 23.0 Å². The summed E-state index contributed by atoms with van der Waals surface area (Å²) in [4.78, 5) is 0. The molecule has 0 aliphatic carbocycles. The Kier molecular flexibility index (Phi) is 24.8. The van der Waals surface area contributed by atoms with Crippen LogP contribution in [0.15, 0.2) is 127 Å². The van der Waals surface area contributed by atoms with Crippen molar-refractivity contribution in [3.63, 3.8) is 0 Å². The van der Waals surface area contributed by atoms with Gasteiger partial charge in [0.1, 0.15) is 77.9 Å². The van der Waals surface area contributed by atoms with Gasteiger partial charge in [0.2, 0.25) is 25.2 Å². The van der Waals surface area contributed by atoms with Gasteiger partial charge in [0, 0.05) is 24.0 Å². The summed E-state index contributed by atoms with van der Waals surface area (Å²) in [5.41, 5.74) is 4.89. The standard InChI is InChI=1S/C45H56O7.C20H30O11.CH4/c1-7-39-32(4)31(3)33(5)44(50-39)49-38-24-23-30(2)40(25-38)51-45-34(6)42(47-27-36-19-13-9-14-20-36)43(48-28-37-21-15-10-16-22-37)41(52-45)29-46-26-35-17-11-8-12-18-35;1-3-10-13(22)15(24)18(27)20(29-10)30-11-6-9(5-4-8(11)2)28-19-17(26)16(25)14(23)12(7-21)31-19;/h8-25,31-34,39,41-45H,7,26-29H2,1-6H3;4-6,10,12-27H,3,7H2,1-2H3;1H4/t31-,32-,33?,34?,39?,41?,42+,43+,44+,45+;10?,12?,13-,14-,15+,16+,17?,18?,19-,20+;/m01./s1. The number of aliphatic hydroxyl groups is 7. The third-order valence-corrected chi connectivity index (χ3v) is 16.5. The molecular weight excluding hydrogens is 1080 g/mol. The monoisotopic (exact) mass is 1170 g/mol. The van der Waals surface area contributed by atoms with Crippen molar-refractivity contribution in [1.82, 2.24) is 0 Å². The first kappa shape index (κ1) is 66.3. The number of hydrogen-bond donors (Lipinski definition) is 7. The normalized spacial score (nSPS) is 33.1. The van der Waals surface area contributed by atoms with E-state index in [1.54, 1.807) is 26.0 Å². The molecule has 0 spiro atoms. The highest BCUT2D eigenvalue weighted by molar-refractivity contribution is 5.41. The number of hydrogen-bond acceptors (Lipinski definition) is 18. The molecule has 0 aromatic heterocycles. The lowest BCUT2D eigenvalue weighted by Crippen LogP contribution is -2.60. The Morgan fingerprint density at radius 3 is 1.33 bits per heavy atom. The van der Waals surface area contributed by atoms with Gasteiger partial charge >= 0.3 is 0 Å². The number of ether oxygens (including phenoxy) is 11. The summed E-state index contributed by atoms with van der Waals surface area (Å²) in [5.74, 6) is 2.83. The molecule has 18 nitrogen and oxygen atoms in total. The van der Waals surface area contributed by atoms with E-state index in [1.165, 1.54) is 6.07 Å². The van der Waals surface area contributed by atoms with Crippen LogP contribution in [0.2, 0.25) is 0 Å². The van der Waals surface area contributed by atoms with Crippen LogP contribution in [-0.4, -0.2) is 147 Å². The number of benzene rings is 5.